The highest BCUT2D eigenvalue weighted by molar-refractivity contribution is 7.86. The standard InChI is InChI=1S/C18H18ClFN2O4S/c1-21(13-16-17(19)7-2-8-18(16)20)27(23,24)22(11-14-5-3-9-25-14)12-15-6-4-10-26-15/h2-10H,11-13H2,1H3. The molecular formula is C18H18ClFN2O4S. The van der Waals surface area contributed by atoms with Crippen LogP contribution in [0.15, 0.2) is 63.8 Å². The van der Waals surface area contributed by atoms with E-state index in [1.54, 1.807) is 24.3 Å². The minimum Gasteiger partial charge on any atom is -0.468 e. The average molecular weight is 413 g/mol. The van der Waals surface area contributed by atoms with Gasteiger partial charge in [-0.25, -0.2) is 4.39 Å². The summed E-state index contributed by atoms with van der Waals surface area (Å²) in [6.07, 6.45) is 2.94. The smallest absolute Gasteiger partial charge is 0.282 e. The van der Waals surface area contributed by atoms with Gasteiger partial charge in [-0.1, -0.05) is 17.7 Å². The van der Waals surface area contributed by atoms with Gasteiger partial charge in [-0.05, 0) is 36.4 Å². The minimum atomic E-state index is -3.96. The van der Waals surface area contributed by atoms with Crippen molar-refractivity contribution in [2.75, 3.05) is 7.05 Å². The van der Waals surface area contributed by atoms with E-state index in [0.717, 1.165) is 4.31 Å². The van der Waals surface area contributed by atoms with Gasteiger partial charge in [0.1, 0.15) is 17.3 Å². The Bertz CT molecular complexity index is 918. The predicted octanol–water partition coefficient (Wildman–Crippen LogP) is 4.04. The summed E-state index contributed by atoms with van der Waals surface area (Å²) in [6.45, 7) is -0.197. The Morgan fingerprint density at radius 1 is 0.963 bits per heavy atom. The zero-order valence-corrected chi connectivity index (χ0v) is 16.1. The van der Waals surface area contributed by atoms with Crippen LogP contribution < -0.4 is 0 Å². The molecule has 6 nitrogen and oxygen atoms in total. The maximum absolute atomic E-state index is 14.1. The molecule has 0 saturated heterocycles. The highest BCUT2D eigenvalue weighted by Gasteiger charge is 2.30. The molecule has 0 aliphatic heterocycles. The van der Waals surface area contributed by atoms with Crippen LogP contribution in [-0.2, 0) is 29.8 Å². The maximum atomic E-state index is 14.1. The molecule has 0 bridgehead atoms. The van der Waals surface area contributed by atoms with Crippen molar-refractivity contribution < 1.29 is 21.6 Å². The van der Waals surface area contributed by atoms with Gasteiger partial charge < -0.3 is 8.83 Å². The van der Waals surface area contributed by atoms with Gasteiger partial charge in [0.2, 0.25) is 0 Å². The molecule has 0 amide bonds. The normalized spacial score (nSPS) is 12.2. The number of hydrogen-bond acceptors (Lipinski definition) is 4. The van der Waals surface area contributed by atoms with E-state index in [-0.39, 0.29) is 30.2 Å². The second-order valence-corrected chi connectivity index (χ2v) is 8.33. The summed E-state index contributed by atoms with van der Waals surface area (Å²) < 4.78 is 53.1. The fourth-order valence-electron chi connectivity index (χ4n) is 2.56. The predicted molar refractivity (Wildman–Crippen MR) is 98.5 cm³/mol. The lowest BCUT2D eigenvalue weighted by atomic mass is 10.2. The second-order valence-electron chi connectivity index (χ2n) is 5.89. The first kappa shape index (κ1) is 19.6. The molecule has 3 rings (SSSR count). The quantitative estimate of drug-likeness (QED) is 0.560. The van der Waals surface area contributed by atoms with Crippen molar-refractivity contribution in [1.29, 1.82) is 0 Å². The number of furan rings is 2. The molecule has 0 spiro atoms. The minimum absolute atomic E-state index is 0.00533. The summed E-state index contributed by atoms with van der Waals surface area (Å²) in [4.78, 5) is 0. The molecule has 0 aliphatic carbocycles. The Balaban J connectivity index is 1.86. The Morgan fingerprint density at radius 3 is 2.04 bits per heavy atom. The summed E-state index contributed by atoms with van der Waals surface area (Å²) in [6, 6.07) is 10.9. The molecule has 9 heteroatoms. The molecule has 27 heavy (non-hydrogen) atoms. The fourth-order valence-corrected chi connectivity index (χ4v) is 4.05. The van der Waals surface area contributed by atoms with Crippen LogP contribution in [0.5, 0.6) is 0 Å². The summed E-state index contributed by atoms with van der Waals surface area (Å²) in [5.74, 6) is 0.387. The van der Waals surface area contributed by atoms with E-state index in [4.69, 9.17) is 20.4 Å². The Hall–Kier alpha value is -2.13. The molecule has 0 radical (unpaired) electrons. The largest absolute Gasteiger partial charge is 0.468 e. The van der Waals surface area contributed by atoms with E-state index < -0.39 is 16.0 Å². The van der Waals surface area contributed by atoms with Crippen molar-refractivity contribution in [3.8, 4) is 0 Å². The van der Waals surface area contributed by atoms with Crippen LogP contribution in [0.25, 0.3) is 0 Å². The lowest BCUT2D eigenvalue weighted by molar-refractivity contribution is 0.302. The van der Waals surface area contributed by atoms with Crippen molar-refractivity contribution in [2.24, 2.45) is 0 Å². The lowest BCUT2D eigenvalue weighted by Gasteiger charge is -2.26. The van der Waals surface area contributed by atoms with Crippen molar-refractivity contribution in [3.63, 3.8) is 0 Å². The van der Waals surface area contributed by atoms with E-state index in [0.29, 0.717) is 11.5 Å². The van der Waals surface area contributed by atoms with Gasteiger partial charge in [0.05, 0.1) is 25.6 Å². The molecule has 0 fully saturated rings. The monoisotopic (exact) mass is 412 g/mol. The van der Waals surface area contributed by atoms with Gasteiger partial charge in [0.15, 0.2) is 0 Å². The number of halogens is 2. The zero-order chi connectivity index (χ0) is 19.4. The van der Waals surface area contributed by atoms with Crippen LogP contribution in [0.1, 0.15) is 17.1 Å². The van der Waals surface area contributed by atoms with E-state index in [9.17, 15) is 12.8 Å². The molecule has 0 atom stereocenters. The first-order valence-electron chi connectivity index (χ1n) is 8.07. The van der Waals surface area contributed by atoms with Crippen LogP contribution >= 0.6 is 11.6 Å². The first-order chi connectivity index (χ1) is 12.9. The Kier molecular flexibility index (Phi) is 6.01. The van der Waals surface area contributed by atoms with Gasteiger partial charge in [0, 0.05) is 24.2 Å². The van der Waals surface area contributed by atoms with Crippen LogP contribution in [0, 0.1) is 5.82 Å². The first-order valence-corrected chi connectivity index (χ1v) is 9.84. The molecule has 0 unspecified atom stereocenters. The molecule has 144 valence electrons. The van der Waals surface area contributed by atoms with Crippen LogP contribution in [-0.4, -0.2) is 24.1 Å². The Labute approximate surface area is 161 Å². The number of rotatable bonds is 8. The third-order valence-electron chi connectivity index (χ3n) is 3.99. The molecule has 0 saturated carbocycles. The number of benzene rings is 1. The lowest BCUT2D eigenvalue weighted by Crippen LogP contribution is -2.40. The van der Waals surface area contributed by atoms with Crippen LogP contribution in [0.3, 0.4) is 0 Å². The van der Waals surface area contributed by atoms with Gasteiger partial charge in [-0.15, -0.1) is 0 Å². The summed E-state index contributed by atoms with van der Waals surface area (Å²) in [7, 11) is -2.59. The molecule has 2 heterocycles. The van der Waals surface area contributed by atoms with Gasteiger partial charge in [-0.3, -0.25) is 0 Å². The van der Waals surface area contributed by atoms with E-state index in [2.05, 4.69) is 0 Å². The second kappa shape index (κ2) is 8.26. The summed E-state index contributed by atoms with van der Waals surface area (Å²) in [5, 5.41) is 0.167. The Morgan fingerprint density at radius 2 is 1.56 bits per heavy atom. The highest BCUT2D eigenvalue weighted by atomic mass is 35.5. The SMILES string of the molecule is CN(Cc1c(F)cccc1Cl)S(=O)(=O)N(Cc1ccco1)Cc1ccco1. The van der Waals surface area contributed by atoms with Crippen molar-refractivity contribution in [2.45, 2.75) is 19.6 Å². The zero-order valence-electron chi connectivity index (χ0n) is 14.5. The molecule has 0 N–H and O–H groups in total. The highest BCUT2D eigenvalue weighted by Crippen LogP contribution is 2.24. The third kappa shape index (κ3) is 4.59. The van der Waals surface area contributed by atoms with Gasteiger partial charge >= 0.3 is 0 Å². The van der Waals surface area contributed by atoms with Crippen LogP contribution in [0.2, 0.25) is 5.02 Å². The van der Waals surface area contributed by atoms with Gasteiger partial charge in [-0.2, -0.15) is 17.0 Å². The fraction of sp³-hybridized carbons (Fsp3) is 0.222. The van der Waals surface area contributed by atoms with E-state index in [1.807, 2.05) is 0 Å². The third-order valence-corrected chi connectivity index (χ3v) is 6.17. The van der Waals surface area contributed by atoms with Crippen molar-refractivity contribution >= 4 is 21.8 Å². The van der Waals surface area contributed by atoms with E-state index in [1.165, 1.54) is 42.1 Å². The van der Waals surface area contributed by atoms with Gasteiger partial charge in [0.25, 0.3) is 10.2 Å². The molecule has 0 aliphatic rings. The van der Waals surface area contributed by atoms with Crippen molar-refractivity contribution in [1.82, 2.24) is 8.61 Å². The molecule has 3 aromatic rings. The van der Waals surface area contributed by atoms with E-state index >= 15 is 0 Å². The maximum Gasteiger partial charge on any atom is 0.282 e. The number of hydrogen-bond donors (Lipinski definition) is 0. The number of nitrogens with zero attached hydrogens (tertiary/aromatic N) is 2. The summed E-state index contributed by atoms with van der Waals surface area (Å²) in [5.41, 5.74) is 0.112. The molecular weight excluding hydrogens is 395 g/mol. The summed E-state index contributed by atoms with van der Waals surface area (Å²) >= 11 is 6.03. The molecule has 2 aromatic heterocycles. The topological polar surface area (TPSA) is 66.9 Å². The average Bonchev–Trinajstić information content (AvgIpc) is 3.31. The molecule has 1 aromatic carbocycles. The van der Waals surface area contributed by atoms with Crippen molar-refractivity contribution in [3.05, 3.63) is 82.9 Å². The van der Waals surface area contributed by atoms with Crippen LogP contribution in [0.4, 0.5) is 4.39 Å².